The number of hydrogen-bond acceptors (Lipinski definition) is 5. The van der Waals surface area contributed by atoms with Crippen molar-refractivity contribution < 1.29 is 23.8 Å². The Morgan fingerprint density at radius 2 is 1.81 bits per heavy atom. The average molecular weight is 295 g/mol. The smallest absolute Gasteiger partial charge is 0.315 e. The number of amides is 1. The first kappa shape index (κ1) is 16.8. The molecule has 0 aliphatic rings. The summed E-state index contributed by atoms with van der Waals surface area (Å²) in [5.74, 6) is 0.396. The second-order valence-electron chi connectivity index (χ2n) is 4.61. The number of rotatable bonds is 7. The molecule has 0 fully saturated rings. The molecule has 0 saturated heterocycles. The lowest BCUT2D eigenvalue weighted by Gasteiger charge is -2.15. The number of nitrogens with one attached hydrogen (secondary N) is 1. The average Bonchev–Trinajstić information content (AvgIpc) is 2.46. The van der Waals surface area contributed by atoms with E-state index in [0.29, 0.717) is 17.9 Å². The van der Waals surface area contributed by atoms with E-state index < -0.39 is 5.97 Å². The maximum absolute atomic E-state index is 11.6. The molecule has 0 aromatic heterocycles. The molecule has 6 heteroatoms. The molecule has 1 N–H and O–H groups in total. The van der Waals surface area contributed by atoms with Gasteiger partial charge in [-0.05, 0) is 31.0 Å². The highest BCUT2D eigenvalue weighted by Gasteiger charge is 2.13. The Hall–Kier alpha value is -2.24. The minimum absolute atomic E-state index is 0.111. The number of carbonyl (C=O) groups excluding carboxylic acids is 2. The standard InChI is InChI=1S/C15H21NO5/c1-10(16-14(17)9-15(18)21-4)7-11-5-6-12(19-2)13(8-11)20-3/h5-6,8,10H,7,9H2,1-4H3,(H,16,17)/t10-/m1/s1. The second kappa shape index (κ2) is 8.14. The van der Waals surface area contributed by atoms with Crippen LogP contribution < -0.4 is 14.8 Å². The van der Waals surface area contributed by atoms with Crippen molar-refractivity contribution in [3.05, 3.63) is 23.8 Å². The van der Waals surface area contributed by atoms with E-state index in [2.05, 4.69) is 10.1 Å². The van der Waals surface area contributed by atoms with Crippen molar-refractivity contribution in [3.63, 3.8) is 0 Å². The van der Waals surface area contributed by atoms with Crippen molar-refractivity contribution in [1.29, 1.82) is 0 Å². The van der Waals surface area contributed by atoms with Crippen LogP contribution in [0.5, 0.6) is 11.5 Å². The van der Waals surface area contributed by atoms with Gasteiger partial charge in [0.15, 0.2) is 11.5 Å². The van der Waals surface area contributed by atoms with E-state index in [-0.39, 0.29) is 18.4 Å². The third kappa shape index (κ3) is 5.33. The van der Waals surface area contributed by atoms with Crippen LogP contribution in [0, 0.1) is 0 Å². The number of methoxy groups -OCH3 is 3. The quantitative estimate of drug-likeness (QED) is 0.606. The summed E-state index contributed by atoms with van der Waals surface area (Å²) in [6, 6.07) is 5.48. The normalized spacial score (nSPS) is 11.4. The van der Waals surface area contributed by atoms with Crippen LogP contribution in [-0.2, 0) is 20.7 Å². The van der Waals surface area contributed by atoms with Gasteiger partial charge in [0, 0.05) is 6.04 Å². The first-order valence-electron chi connectivity index (χ1n) is 6.57. The lowest BCUT2D eigenvalue weighted by molar-refractivity contribution is -0.143. The van der Waals surface area contributed by atoms with E-state index >= 15 is 0 Å². The van der Waals surface area contributed by atoms with Gasteiger partial charge in [0.05, 0.1) is 21.3 Å². The Morgan fingerprint density at radius 1 is 1.14 bits per heavy atom. The molecule has 0 spiro atoms. The molecule has 0 aliphatic carbocycles. The van der Waals surface area contributed by atoms with Gasteiger partial charge in [0.2, 0.25) is 5.91 Å². The molecule has 0 aliphatic heterocycles. The van der Waals surface area contributed by atoms with Gasteiger partial charge >= 0.3 is 5.97 Å². The van der Waals surface area contributed by atoms with Gasteiger partial charge in [-0.15, -0.1) is 0 Å². The first-order chi connectivity index (χ1) is 9.99. The van der Waals surface area contributed by atoms with Crippen LogP contribution in [-0.4, -0.2) is 39.2 Å². The minimum atomic E-state index is -0.550. The topological polar surface area (TPSA) is 73.9 Å². The summed E-state index contributed by atoms with van der Waals surface area (Å²) in [4.78, 5) is 22.6. The number of esters is 1. The molecule has 0 radical (unpaired) electrons. The number of benzene rings is 1. The maximum atomic E-state index is 11.6. The molecule has 0 bridgehead atoms. The van der Waals surface area contributed by atoms with Crippen LogP contribution in [0.15, 0.2) is 18.2 Å². The molecule has 0 unspecified atom stereocenters. The van der Waals surface area contributed by atoms with Gasteiger partial charge in [0.25, 0.3) is 0 Å². The van der Waals surface area contributed by atoms with Gasteiger partial charge in [-0.1, -0.05) is 6.07 Å². The van der Waals surface area contributed by atoms with Crippen LogP contribution in [0.1, 0.15) is 18.9 Å². The summed E-state index contributed by atoms with van der Waals surface area (Å²) in [5, 5.41) is 2.75. The molecule has 1 aromatic rings. The number of carbonyl (C=O) groups is 2. The van der Waals surface area contributed by atoms with Gasteiger partial charge in [0.1, 0.15) is 6.42 Å². The lowest BCUT2D eigenvalue weighted by Crippen LogP contribution is -2.35. The van der Waals surface area contributed by atoms with Crippen LogP contribution in [0.25, 0.3) is 0 Å². The maximum Gasteiger partial charge on any atom is 0.315 e. The zero-order valence-corrected chi connectivity index (χ0v) is 12.8. The van der Waals surface area contributed by atoms with Crippen molar-refractivity contribution in [1.82, 2.24) is 5.32 Å². The van der Waals surface area contributed by atoms with Crippen molar-refractivity contribution in [2.45, 2.75) is 25.8 Å². The second-order valence-corrected chi connectivity index (χ2v) is 4.61. The van der Waals surface area contributed by atoms with Crippen molar-refractivity contribution in [3.8, 4) is 11.5 Å². The van der Waals surface area contributed by atoms with Gasteiger partial charge in [-0.25, -0.2) is 0 Å². The fourth-order valence-corrected chi connectivity index (χ4v) is 1.94. The molecule has 1 rings (SSSR count). The highest BCUT2D eigenvalue weighted by molar-refractivity contribution is 5.94. The lowest BCUT2D eigenvalue weighted by atomic mass is 10.1. The van der Waals surface area contributed by atoms with Crippen LogP contribution in [0.2, 0.25) is 0 Å². The monoisotopic (exact) mass is 295 g/mol. The largest absolute Gasteiger partial charge is 0.493 e. The molecular weight excluding hydrogens is 274 g/mol. The summed E-state index contributed by atoms with van der Waals surface area (Å²) in [7, 11) is 4.40. The van der Waals surface area contributed by atoms with E-state index in [1.54, 1.807) is 14.2 Å². The third-order valence-corrected chi connectivity index (χ3v) is 2.93. The van der Waals surface area contributed by atoms with Crippen LogP contribution in [0.3, 0.4) is 0 Å². The summed E-state index contributed by atoms with van der Waals surface area (Å²) >= 11 is 0. The Labute approximate surface area is 124 Å². The Balaban J connectivity index is 2.60. The molecule has 6 nitrogen and oxygen atoms in total. The van der Waals surface area contributed by atoms with E-state index in [9.17, 15) is 9.59 Å². The number of ether oxygens (including phenoxy) is 3. The molecule has 0 heterocycles. The Morgan fingerprint density at radius 3 is 2.38 bits per heavy atom. The summed E-state index contributed by atoms with van der Waals surface area (Å²) in [5.41, 5.74) is 0.999. The molecule has 0 saturated carbocycles. The molecule has 1 aromatic carbocycles. The van der Waals surface area contributed by atoms with E-state index in [0.717, 1.165) is 5.56 Å². The van der Waals surface area contributed by atoms with Crippen LogP contribution >= 0.6 is 0 Å². The zero-order chi connectivity index (χ0) is 15.8. The van der Waals surface area contributed by atoms with E-state index in [4.69, 9.17) is 9.47 Å². The molecule has 116 valence electrons. The Kier molecular flexibility index (Phi) is 6.52. The minimum Gasteiger partial charge on any atom is -0.493 e. The molecule has 1 atom stereocenters. The summed E-state index contributed by atoms with van der Waals surface area (Å²) < 4.78 is 14.9. The molecular formula is C15H21NO5. The summed E-state index contributed by atoms with van der Waals surface area (Å²) in [6.07, 6.45) is 0.347. The van der Waals surface area contributed by atoms with Crippen molar-refractivity contribution >= 4 is 11.9 Å². The van der Waals surface area contributed by atoms with E-state index in [1.165, 1.54) is 7.11 Å². The highest BCUT2D eigenvalue weighted by atomic mass is 16.5. The number of hydrogen-bond donors (Lipinski definition) is 1. The molecule has 1 amide bonds. The highest BCUT2D eigenvalue weighted by Crippen LogP contribution is 2.27. The predicted octanol–water partition coefficient (Wildman–Crippen LogP) is 1.31. The zero-order valence-electron chi connectivity index (χ0n) is 12.8. The van der Waals surface area contributed by atoms with Gasteiger partial charge in [-0.2, -0.15) is 0 Å². The predicted molar refractivity (Wildman–Crippen MR) is 77.5 cm³/mol. The summed E-state index contributed by atoms with van der Waals surface area (Å²) in [6.45, 7) is 1.87. The van der Waals surface area contributed by atoms with Crippen LogP contribution in [0.4, 0.5) is 0 Å². The fraction of sp³-hybridized carbons (Fsp3) is 0.467. The SMILES string of the molecule is COC(=O)CC(=O)N[C@H](C)Cc1ccc(OC)c(OC)c1. The van der Waals surface area contributed by atoms with Crippen molar-refractivity contribution in [2.24, 2.45) is 0 Å². The van der Waals surface area contributed by atoms with E-state index in [1.807, 2.05) is 25.1 Å². The Bertz CT molecular complexity index is 501. The van der Waals surface area contributed by atoms with Gasteiger partial charge < -0.3 is 19.5 Å². The fourth-order valence-electron chi connectivity index (χ4n) is 1.94. The third-order valence-electron chi connectivity index (χ3n) is 2.93. The van der Waals surface area contributed by atoms with Gasteiger partial charge in [-0.3, -0.25) is 9.59 Å². The molecule has 21 heavy (non-hydrogen) atoms. The first-order valence-corrected chi connectivity index (χ1v) is 6.57. The van der Waals surface area contributed by atoms with Crippen molar-refractivity contribution in [2.75, 3.05) is 21.3 Å².